The number of hydrogen-bond donors (Lipinski definition) is 1. The van der Waals surface area contributed by atoms with Crippen LogP contribution in [0.4, 0.5) is 5.69 Å². The Morgan fingerprint density at radius 3 is 2.71 bits per heavy atom. The number of amides is 2. The van der Waals surface area contributed by atoms with Gasteiger partial charge in [-0.25, -0.2) is 0 Å². The number of likely N-dealkylation sites (N-methyl/N-ethyl adjacent to an activating group) is 1. The molecule has 0 fully saturated rings. The number of para-hydroxylation sites is 1. The number of carbonyl (C=O) groups is 2. The maximum Gasteiger partial charge on any atom is 0.292 e. The van der Waals surface area contributed by atoms with E-state index in [1.165, 1.54) is 18.0 Å². The monoisotopic (exact) mass is 351 g/mol. The van der Waals surface area contributed by atoms with Crippen molar-refractivity contribution in [2.75, 3.05) is 18.9 Å². The third kappa shape index (κ3) is 3.91. The van der Waals surface area contributed by atoms with Gasteiger partial charge in [0.25, 0.3) is 5.91 Å². The van der Waals surface area contributed by atoms with E-state index in [4.69, 9.17) is 4.52 Å². The van der Waals surface area contributed by atoms with E-state index in [1.807, 2.05) is 18.2 Å². The molecule has 1 N–H and O–H groups in total. The highest BCUT2D eigenvalue weighted by atomic mass is 79.9. The molecule has 0 radical (unpaired) electrons. The summed E-state index contributed by atoms with van der Waals surface area (Å²) in [6, 6.07) is 8.78. The molecule has 0 bridgehead atoms. The van der Waals surface area contributed by atoms with Gasteiger partial charge in [0.15, 0.2) is 0 Å². The van der Waals surface area contributed by atoms with Gasteiger partial charge in [0.2, 0.25) is 11.7 Å². The van der Waals surface area contributed by atoms with Gasteiger partial charge in [0.1, 0.15) is 0 Å². The molecular weight excluding hydrogens is 338 g/mol. The van der Waals surface area contributed by atoms with Crippen LogP contribution < -0.4 is 5.32 Å². The molecule has 0 saturated heterocycles. The van der Waals surface area contributed by atoms with Gasteiger partial charge in [-0.1, -0.05) is 17.3 Å². The number of aromatic nitrogens is 1. The zero-order valence-corrected chi connectivity index (χ0v) is 13.2. The first-order valence-electron chi connectivity index (χ1n) is 6.20. The predicted molar refractivity (Wildman–Crippen MR) is 81.0 cm³/mol. The molecule has 21 heavy (non-hydrogen) atoms. The fourth-order valence-electron chi connectivity index (χ4n) is 1.69. The highest BCUT2D eigenvalue weighted by Gasteiger charge is 2.19. The first-order valence-corrected chi connectivity index (χ1v) is 7.00. The minimum absolute atomic E-state index is 0.0834. The summed E-state index contributed by atoms with van der Waals surface area (Å²) in [7, 11) is 1.53. The van der Waals surface area contributed by atoms with Crippen molar-refractivity contribution in [2.24, 2.45) is 0 Å². The van der Waals surface area contributed by atoms with Crippen LogP contribution in [0.15, 0.2) is 39.3 Å². The molecular formula is C14H14BrN3O3. The Morgan fingerprint density at radius 1 is 1.38 bits per heavy atom. The number of anilines is 1. The maximum atomic E-state index is 12.0. The molecule has 2 amide bonds. The standard InChI is InChI=1S/C14H14BrN3O3/c1-9-7-12(21-17-9)14(20)18(2)8-13(19)16-11-6-4-3-5-10(11)15/h3-7H,8H2,1-2H3,(H,16,19). The van der Waals surface area contributed by atoms with E-state index in [1.54, 1.807) is 13.0 Å². The average Bonchev–Trinajstić information content (AvgIpc) is 2.87. The van der Waals surface area contributed by atoms with Gasteiger partial charge < -0.3 is 14.7 Å². The van der Waals surface area contributed by atoms with Gasteiger partial charge in [-0.3, -0.25) is 9.59 Å². The smallest absolute Gasteiger partial charge is 0.292 e. The lowest BCUT2D eigenvalue weighted by Gasteiger charge is -2.15. The van der Waals surface area contributed by atoms with E-state index < -0.39 is 5.91 Å². The Labute approximate surface area is 130 Å². The zero-order chi connectivity index (χ0) is 15.4. The summed E-state index contributed by atoms with van der Waals surface area (Å²) in [5.41, 5.74) is 1.27. The Balaban J connectivity index is 1.96. The van der Waals surface area contributed by atoms with Crippen LogP contribution >= 0.6 is 15.9 Å². The summed E-state index contributed by atoms with van der Waals surface area (Å²) >= 11 is 3.34. The number of aryl methyl sites for hydroxylation is 1. The Hall–Kier alpha value is -2.15. The molecule has 0 saturated carbocycles. The molecule has 6 nitrogen and oxygen atoms in total. The van der Waals surface area contributed by atoms with Gasteiger partial charge in [0.05, 0.1) is 17.9 Å². The largest absolute Gasteiger partial charge is 0.351 e. The number of nitrogens with one attached hydrogen (secondary N) is 1. The molecule has 0 spiro atoms. The molecule has 110 valence electrons. The molecule has 0 aliphatic carbocycles. The third-order valence-corrected chi connectivity index (χ3v) is 3.41. The second kappa shape index (κ2) is 6.53. The van der Waals surface area contributed by atoms with Crippen LogP contribution in [-0.2, 0) is 4.79 Å². The Kier molecular flexibility index (Phi) is 4.74. The molecule has 0 atom stereocenters. The van der Waals surface area contributed by atoms with Crippen molar-refractivity contribution < 1.29 is 14.1 Å². The average molecular weight is 352 g/mol. The van der Waals surface area contributed by atoms with Crippen LogP contribution in [0.25, 0.3) is 0 Å². The maximum absolute atomic E-state index is 12.0. The van der Waals surface area contributed by atoms with Crippen molar-refractivity contribution in [3.05, 3.63) is 46.3 Å². The van der Waals surface area contributed by atoms with E-state index in [-0.39, 0.29) is 18.2 Å². The molecule has 1 aromatic carbocycles. The summed E-state index contributed by atoms with van der Waals surface area (Å²) < 4.78 is 5.66. The molecule has 0 aliphatic heterocycles. The van der Waals surface area contributed by atoms with Crippen LogP contribution in [0.5, 0.6) is 0 Å². The number of nitrogens with zero attached hydrogens (tertiary/aromatic N) is 2. The van der Waals surface area contributed by atoms with Crippen molar-refractivity contribution in [2.45, 2.75) is 6.92 Å². The van der Waals surface area contributed by atoms with Gasteiger partial charge in [-0.2, -0.15) is 0 Å². The molecule has 1 aromatic heterocycles. The van der Waals surface area contributed by atoms with Crippen LogP contribution in [0.1, 0.15) is 16.2 Å². The topological polar surface area (TPSA) is 75.4 Å². The van der Waals surface area contributed by atoms with Crippen molar-refractivity contribution in [1.82, 2.24) is 10.1 Å². The lowest BCUT2D eigenvalue weighted by atomic mass is 10.3. The highest BCUT2D eigenvalue weighted by molar-refractivity contribution is 9.10. The fourth-order valence-corrected chi connectivity index (χ4v) is 2.08. The number of benzene rings is 1. The van der Waals surface area contributed by atoms with Crippen molar-refractivity contribution >= 4 is 33.4 Å². The molecule has 0 aliphatic rings. The van der Waals surface area contributed by atoms with E-state index in [0.717, 1.165) is 4.47 Å². The first kappa shape index (κ1) is 15.2. The SMILES string of the molecule is Cc1cc(C(=O)N(C)CC(=O)Nc2ccccc2Br)on1. The van der Waals surface area contributed by atoms with E-state index >= 15 is 0 Å². The number of halogens is 1. The molecule has 2 aromatic rings. The summed E-state index contributed by atoms with van der Waals surface area (Å²) in [4.78, 5) is 25.2. The van der Waals surface area contributed by atoms with Crippen molar-refractivity contribution in [1.29, 1.82) is 0 Å². The van der Waals surface area contributed by atoms with Gasteiger partial charge >= 0.3 is 0 Å². The summed E-state index contributed by atoms with van der Waals surface area (Å²) in [6.07, 6.45) is 0. The Bertz CT molecular complexity index is 669. The van der Waals surface area contributed by atoms with Gasteiger partial charge in [-0.15, -0.1) is 0 Å². The Morgan fingerprint density at radius 2 is 2.10 bits per heavy atom. The molecule has 7 heteroatoms. The highest BCUT2D eigenvalue weighted by Crippen LogP contribution is 2.21. The lowest BCUT2D eigenvalue weighted by molar-refractivity contribution is -0.116. The third-order valence-electron chi connectivity index (χ3n) is 2.71. The summed E-state index contributed by atoms with van der Waals surface area (Å²) in [6.45, 7) is 1.64. The second-order valence-corrected chi connectivity index (χ2v) is 5.38. The minimum Gasteiger partial charge on any atom is -0.351 e. The minimum atomic E-state index is -0.391. The van der Waals surface area contributed by atoms with Crippen LogP contribution in [0.3, 0.4) is 0 Å². The molecule has 1 heterocycles. The number of rotatable bonds is 4. The zero-order valence-electron chi connectivity index (χ0n) is 11.6. The van der Waals surface area contributed by atoms with E-state index in [2.05, 4.69) is 26.4 Å². The van der Waals surface area contributed by atoms with Crippen LogP contribution in [-0.4, -0.2) is 35.5 Å². The lowest BCUT2D eigenvalue weighted by Crippen LogP contribution is -2.34. The van der Waals surface area contributed by atoms with Gasteiger partial charge in [-0.05, 0) is 35.0 Å². The summed E-state index contributed by atoms with van der Waals surface area (Å²) in [5.74, 6) is -0.574. The predicted octanol–water partition coefficient (Wildman–Crippen LogP) is 2.46. The summed E-state index contributed by atoms with van der Waals surface area (Å²) in [5, 5.41) is 6.38. The van der Waals surface area contributed by atoms with Crippen molar-refractivity contribution in [3.8, 4) is 0 Å². The molecule has 0 unspecified atom stereocenters. The van der Waals surface area contributed by atoms with Crippen molar-refractivity contribution in [3.63, 3.8) is 0 Å². The first-order chi connectivity index (χ1) is 9.97. The number of hydrogen-bond acceptors (Lipinski definition) is 4. The van der Waals surface area contributed by atoms with Crippen LogP contribution in [0, 0.1) is 6.92 Å². The molecule has 2 rings (SSSR count). The van der Waals surface area contributed by atoms with Crippen LogP contribution in [0.2, 0.25) is 0 Å². The fraction of sp³-hybridized carbons (Fsp3) is 0.214. The normalized spacial score (nSPS) is 10.2. The quantitative estimate of drug-likeness (QED) is 0.917. The van der Waals surface area contributed by atoms with Gasteiger partial charge in [0, 0.05) is 17.6 Å². The van der Waals surface area contributed by atoms with E-state index in [9.17, 15) is 9.59 Å². The van der Waals surface area contributed by atoms with E-state index in [0.29, 0.717) is 11.4 Å². The number of carbonyl (C=O) groups excluding carboxylic acids is 2. The second-order valence-electron chi connectivity index (χ2n) is 4.52.